The van der Waals surface area contributed by atoms with E-state index in [4.69, 9.17) is 0 Å². The van der Waals surface area contributed by atoms with Gasteiger partial charge in [-0.05, 0) is 84.1 Å². The molecule has 0 bridgehead atoms. The molecule has 19 heavy (non-hydrogen) atoms. The van der Waals surface area contributed by atoms with Gasteiger partial charge in [0.2, 0.25) is 0 Å². The SMILES string of the molecule is CNCC1CCC(C)(C)CC1Cc1cncc(Br)c1. The Bertz CT molecular complexity index is 417. The largest absolute Gasteiger partial charge is 0.319 e. The van der Waals surface area contributed by atoms with Crippen molar-refractivity contribution in [1.29, 1.82) is 0 Å². The van der Waals surface area contributed by atoms with Crippen molar-refractivity contribution in [2.75, 3.05) is 13.6 Å². The predicted octanol–water partition coefficient (Wildman–Crippen LogP) is 4.05. The number of hydrogen-bond donors (Lipinski definition) is 1. The predicted molar refractivity (Wildman–Crippen MR) is 84.2 cm³/mol. The molecule has 1 aliphatic carbocycles. The Balaban J connectivity index is 2.09. The summed E-state index contributed by atoms with van der Waals surface area (Å²) in [6.45, 7) is 5.96. The minimum atomic E-state index is 0.494. The maximum atomic E-state index is 4.29. The molecule has 2 unspecified atom stereocenters. The van der Waals surface area contributed by atoms with Crippen LogP contribution >= 0.6 is 15.9 Å². The van der Waals surface area contributed by atoms with Gasteiger partial charge in [0, 0.05) is 16.9 Å². The topological polar surface area (TPSA) is 24.9 Å². The third kappa shape index (κ3) is 4.28. The summed E-state index contributed by atoms with van der Waals surface area (Å²) in [6.07, 6.45) is 9.06. The highest BCUT2D eigenvalue weighted by molar-refractivity contribution is 9.10. The summed E-state index contributed by atoms with van der Waals surface area (Å²) in [6, 6.07) is 2.21. The van der Waals surface area contributed by atoms with Crippen LogP contribution in [0.1, 0.15) is 38.7 Å². The molecule has 1 saturated carbocycles. The Hall–Kier alpha value is -0.410. The first-order valence-corrected chi connectivity index (χ1v) is 8.03. The Morgan fingerprint density at radius 3 is 2.84 bits per heavy atom. The molecule has 0 saturated heterocycles. The van der Waals surface area contributed by atoms with E-state index in [2.05, 4.69) is 53.2 Å². The molecule has 3 heteroatoms. The van der Waals surface area contributed by atoms with E-state index >= 15 is 0 Å². The molecule has 0 aromatic carbocycles. The second-order valence-corrected chi connectivity index (χ2v) is 7.62. The summed E-state index contributed by atoms with van der Waals surface area (Å²) in [5, 5.41) is 3.37. The molecule has 1 aromatic heterocycles. The van der Waals surface area contributed by atoms with E-state index in [1.807, 2.05) is 12.4 Å². The van der Waals surface area contributed by atoms with E-state index in [9.17, 15) is 0 Å². The lowest BCUT2D eigenvalue weighted by Gasteiger charge is -2.41. The first-order chi connectivity index (χ1) is 9.00. The third-order valence-electron chi connectivity index (χ3n) is 4.40. The van der Waals surface area contributed by atoms with Crippen molar-refractivity contribution in [1.82, 2.24) is 10.3 Å². The van der Waals surface area contributed by atoms with Gasteiger partial charge in [-0.25, -0.2) is 0 Å². The fourth-order valence-corrected chi connectivity index (χ4v) is 3.84. The highest BCUT2D eigenvalue weighted by atomic mass is 79.9. The maximum absolute atomic E-state index is 4.29. The highest BCUT2D eigenvalue weighted by Gasteiger charge is 2.34. The molecule has 2 rings (SSSR count). The van der Waals surface area contributed by atoms with E-state index < -0.39 is 0 Å². The average Bonchev–Trinajstić information content (AvgIpc) is 2.32. The Labute approximate surface area is 125 Å². The average molecular weight is 325 g/mol. The van der Waals surface area contributed by atoms with E-state index in [1.165, 1.54) is 24.8 Å². The van der Waals surface area contributed by atoms with Crippen LogP contribution in [0.5, 0.6) is 0 Å². The van der Waals surface area contributed by atoms with Crippen LogP contribution in [-0.4, -0.2) is 18.6 Å². The van der Waals surface area contributed by atoms with Crippen LogP contribution < -0.4 is 5.32 Å². The highest BCUT2D eigenvalue weighted by Crippen LogP contribution is 2.43. The van der Waals surface area contributed by atoms with E-state index in [1.54, 1.807) is 0 Å². The van der Waals surface area contributed by atoms with Crippen LogP contribution in [0.25, 0.3) is 0 Å². The molecule has 0 radical (unpaired) electrons. The number of pyridine rings is 1. The molecular weight excluding hydrogens is 300 g/mol. The fraction of sp³-hybridized carbons (Fsp3) is 0.688. The third-order valence-corrected chi connectivity index (χ3v) is 4.83. The van der Waals surface area contributed by atoms with Crippen molar-refractivity contribution in [2.45, 2.75) is 39.5 Å². The smallest absolute Gasteiger partial charge is 0.0410 e. The molecule has 1 fully saturated rings. The second-order valence-electron chi connectivity index (χ2n) is 6.70. The van der Waals surface area contributed by atoms with Gasteiger partial charge >= 0.3 is 0 Å². The number of hydrogen-bond acceptors (Lipinski definition) is 2. The Morgan fingerprint density at radius 2 is 2.16 bits per heavy atom. The first-order valence-electron chi connectivity index (χ1n) is 7.24. The minimum Gasteiger partial charge on any atom is -0.319 e. The lowest BCUT2D eigenvalue weighted by atomic mass is 9.65. The van der Waals surface area contributed by atoms with Crippen molar-refractivity contribution in [3.63, 3.8) is 0 Å². The number of nitrogens with zero attached hydrogens (tertiary/aromatic N) is 1. The molecule has 0 spiro atoms. The molecule has 0 aliphatic heterocycles. The molecule has 2 nitrogen and oxygen atoms in total. The summed E-state index contributed by atoms with van der Waals surface area (Å²) in [5.41, 5.74) is 1.85. The molecule has 2 atom stereocenters. The fourth-order valence-electron chi connectivity index (χ4n) is 3.43. The van der Waals surface area contributed by atoms with Gasteiger partial charge in [0.1, 0.15) is 0 Å². The van der Waals surface area contributed by atoms with Gasteiger partial charge in [0.25, 0.3) is 0 Å². The van der Waals surface area contributed by atoms with Crippen molar-refractivity contribution in [2.24, 2.45) is 17.3 Å². The normalized spacial score (nSPS) is 26.3. The molecule has 0 amide bonds. The van der Waals surface area contributed by atoms with Crippen LogP contribution in [0.2, 0.25) is 0 Å². The number of halogens is 1. The van der Waals surface area contributed by atoms with Gasteiger partial charge in [-0.1, -0.05) is 13.8 Å². The summed E-state index contributed by atoms with van der Waals surface area (Å²) < 4.78 is 1.09. The van der Waals surface area contributed by atoms with Crippen LogP contribution in [0, 0.1) is 17.3 Å². The first kappa shape index (κ1) is 15.0. The van der Waals surface area contributed by atoms with Crippen LogP contribution in [0.15, 0.2) is 22.9 Å². The molecule has 1 heterocycles. The van der Waals surface area contributed by atoms with Crippen molar-refractivity contribution < 1.29 is 0 Å². The van der Waals surface area contributed by atoms with Gasteiger partial charge in [0.15, 0.2) is 0 Å². The van der Waals surface area contributed by atoms with Crippen LogP contribution in [0.4, 0.5) is 0 Å². The van der Waals surface area contributed by atoms with Crippen LogP contribution in [-0.2, 0) is 6.42 Å². The second kappa shape index (κ2) is 6.36. The van der Waals surface area contributed by atoms with E-state index in [0.29, 0.717) is 5.41 Å². The number of nitrogens with one attached hydrogen (secondary N) is 1. The number of rotatable bonds is 4. The van der Waals surface area contributed by atoms with Gasteiger partial charge in [-0.2, -0.15) is 0 Å². The minimum absolute atomic E-state index is 0.494. The quantitative estimate of drug-likeness (QED) is 0.903. The summed E-state index contributed by atoms with van der Waals surface area (Å²) in [4.78, 5) is 4.29. The van der Waals surface area contributed by atoms with Crippen molar-refractivity contribution in [3.05, 3.63) is 28.5 Å². The zero-order valence-corrected chi connectivity index (χ0v) is 13.8. The van der Waals surface area contributed by atoms with Crippen molar-refractivity contribution >= 4 is 15.9 Å². The van der Waals surface area contributed by atoms with Gasteiger partial charge in [-0.15, -0.1) is 0 Å². The van der Waals surface area contributed by atoms with Gasteiger partial charge in [0.05, 0.1) is 0 Å². The molecule has 1 aromatic rings. The standard InChI is InChI=1S/C16H25BrN2/c1-16(2)5-4-13(10-18-3)14(8-16)6-12-7-15(17)11-19-9-12/h7,9,11,13-14,18H,4-6,8,10H2,1-3H3. The zero-order chi connectivity index (χ0) is 13.9. The van der Waals surface area contributed by atoms with E-state index in [0.717, 1.165) is 29.3 Å². The van der Waals surface area contributed by atoms with E-state index in [-0.39, 0.29) is 0 Å². The molecule has 1 aliphatic rings. The lowest BCUT2D eigenvalue weighted by molar-refractivity contribution is 0.117. The van der Waals surface area contributed by atoms with Gasteiger partial charge in [-0.3, -0.25) is 4.98 Å². The van der Waals surface area contributed by atoms with Crippen LogP contribution in [0.3, 0.4) is 0 Å². The monoisotopic (exact) mass is 324 g/mol. The zero-order valence-electron chi connectivity index (χ0n) is 12.2. The molecular formula is C16H25BrN2. The summed E-state index contributed by atoms with van der Waals surface area (Å²) in [7, 11) is 2.07. The lowest BCUT2D eigenvalue weighted by Crippen LogP contribution is -2.36. The number of aromatic nitrogens is 1. The summed E-state index contributed by atoms with van der Waals surface area (Å²) >= 11 is 3.52. The maximum Gasteiger partial charge on any atom is 0.0410 e. The molecule has 1 N–H and O–H groups in total. The molecule has 106 valence electrons. The van der Waals surface area contributed by atoms with Gasteiger partial charge < -0.3 is 5.32 Å². The van der Waals surface area contributed by atoms with Crippen molar-refractivity contribution in [3.8, 4) is 0 Å². The Kier molecular flexibility index (Phi) is 5.02. The Morgan fingerprint density at radius 1 is 1.37 bits per heavy atom. The summed E-state index contributed by atoms with van der Waals surface area (Å²) in [5.74, 6) is 1.57.